The van der Waals surface area contributed by atoms with Crippen LogP contribution in [0.4, 0.5) is 5.69 Å². The summed E-state index contributed by atoms with van der Waals surface area (Å²) in [4.78, 5) is 0. The average Bonchev–Trinajstić information content (AvgIpc) is 2.39. The smallest absolute Gasteiger partial charge is 0.0841 e. The summed E-state index contributed by atoms with van der Waals surface area (Å²) in [5.74, 6) is 0. The van der Waals surface area contributed by atoms with Crippen molar-refractivity contribution >= 4 is 5.69 Å². The minimum absolute atomic E-state index is 0.270. The fraction of sp³-hybridized carbons (Fsp3) is 0.455. The van der Waals surface area contributed by atoms with Crippen molar-refractivity contribution in [2.75, 3.05) is 19.0 Å². The Bertz CT molecular complexity index is 285. The van der Waals surface area contributed by atoms with E-state index in [9.17, 15) is 0 Å². The highest BCUT2D eigenvalue weighted by atomic mass is 16.5. The van der Waals surface area contributed by atoms with Crippen molar-refractivity contribution in [2.24, 2.45) is 0 Å². The molecule has 0 amide bonds. The molecule has 0 radical (unpaired) electrons. The number of methoxy groups -OCH3 is 1. The van der Waals surface area contributed by atoms with E-state index in [2.05, 4.69) is 29.6 Å². The van der Waals surface area contributed by atoms with Gasteiger partial charge in [0.1, 0.15) is 0 Å². The van der Waals surface area contributed by atoms with Gasteiger partial charge in [-0.05, 0) is 18.9 Å². The second-order valence-electron chi connectivity index (χ2n) is 3.38. The van der Waals surface area contributed by atoms with Gasteiger partial charge in [-0.15, -0.1) is 0 Å². The number of rotatable bonds is 1. The third kappa shape index (κ3) is 1.68. The monoisotopic (exact) mass is 177 g/mol. The van der Waals surface area contributed by atoms with Crippen LogP contribution in [0.5, 0.6) is 0 Å². The molecule has 0 bridgehead atoms. The predicted molar refractivity (Wildman–Crippen MR) is 53.9 cm³/mol. The number of benzene rings is 1. The van der Waals surface area contributed by atoms with Crippen LogP contribution in [0.1, 0.15) is 24.5 Å². The molecule has 1 heterocycles. The lowest BCUT2D eigenvalue weighted by Crippen LogP contribution is -2.00. The molecule has 0 aromatic heterocycles. The molecular weight excluding hydrogens is 162 g/mol. The molecule has 1 atom stereocenters. The lowest BCUT2D eigenvalue weighted by molar-refractivity contribution is 0.0966. The highest BCUT2D eigenvalue weighted by Gasteiger charge is 2.16. The molecule has 1 N–H and O–H groups in total. The van der Waals surface area contributed by atoms with Gasteiger partial charge >= 0.3 is 0 Å². The Labute approximate surface area is 78.9 Å². The summed E-state index contributed by atoms with van der Waals surface area (Å²) in [5.41, 5.74) is 2.52. The van der Waals surface area contributed by atoms with Crippen molar-refractivity contribution in [2.45, 2.75) is 18.9 Å². The molecule has 2 heteroatoms. The minimum Gasteiger partial charge on any atom is -0.385 e. The maximum Gasteiger partial charge on any atom is 0.0841 e. The molecule has 0 spiro atoms. The first-order chi connectivity index (χ1) is 6.42. The Balaban J connectivity index is 2.35. The summed E-state index contributed by atoms with van der Waals surface area (Å²) in [6.07, 6.45) is 2.56. The Kier molecular flexibility index (Phi) is 2.50. The second-order valence-corrected chi connectivity index (χ2v) is 3.38. The van der Waals surface area contributed by atoms with Crippen LogP contribution in [0.3, 0.4) is 0 Å². The van der Waals surface area contributed by atoms with Crippen molar-refractivity contribution in [1.82, 2.24) is 0 Å². The van der Waals surface area contributed by atoms with E-state index in [-0.39, 0.29) is 6.10 Å². The molecule has 70 valence electrons. The normalized spacial score (nSPS) is 21.5. The fourth-order valence-electron chi connectivity index (χ4n) is 1.85. The van der Waals surface area contributed by atoms with Crippen LogP contribution in [-0.4, -0.2) is 13.7 Å². The maximum absolute atomic E-state index is 5.46. The molecule has 1 aliphatic rings. The molecule has 2 nitrogen and oxygen atoms in total. The van der Waals surface area contributed by atoms with Crippen molar-refractivity contribution in [1.29, 1.82) is 0 Å². The van der Waals surface area contributed by atoms with Crippen LogP contribution in [0, 0.1) is 0 Å². The third-order valence-corrected chi connectivity index (χ3v) is 2.55. The van der Waals surface area contributed by atoms with Crippen LogP contribution in [0.15, 0.2) is 24.3 Å². The quantitative estimate of drug-likeness (QED) is 0.712. The third-order valence-electron chi connectivity index (χ3n) is 2.55. The Morgan fingerprint density at radius 1 is 1.38 bits per heavy atom. The number of nitrogens with one attached hydrogen (secondary N) is 1. The highest BCUT2D eigenvalue weighted by molar-refractivity contribution is 5.52. The van der Waals surface area contributed by atoms with Crippen molar-refractivity contribution < 1.29 is 4.74 Å². The maximum atomic E-state index is 5.46. The van der Waals surface area contributed by atoms with Gasteiger partial charge in [-0.2, -0.15) is 0 Å². The van der Waals surface area contributed by atoms with Crippen LogP contribution >= 0.6 is 0 Å². The van der Waals surface area contributed by atoms with Gasteiger partial charge in [0.05, 0.1) is 6.10 Å². The van der Waals surface area contributed by atoms with E-state index in [0.717, 1.165) is 13.0 Å². The lowest BCUT2D eigenvalue weighted by Gasteiger charge is -2.14. The zero-order valence-electron chi connectivity index (χ0n) is 7.92. The first kappa shape index (κ1) is 8.57. The van der Waals surface area contributed by atoms with E-state index >= 15 is 0 Å². The Morgan fingerprint density at radius 2 is 2.23 bits per heavy atom. The molecule has 13 heavy (non-hydrogen) atoms. The Morgan fingerprint density at radius 3 is 3.08 bits per heavy atom. The highest BCUT2D eigenvalue weighted by Crippen LogP contribution is 2.30. The summed E-state index contributed by atoms with van der Waals surface area (Å²) < 4.78 is 5.46. The topological polar surface area (TPSA) is 21.3 Å². The largest absolute Gasteiger partial charge is 0.385 e. The molecule has 1 aromatic carbocycles. The standard InChI is InChI=1S/C11H15NO/c1-13-11-7-4-8-12-10-6-3-2-5-9(10)11/h2-3,5-6,11-12H,4,7-8H2,1H3. The second kappa shape index (κ2) is 3.79. The summed E-state index contributed by atoms with van der Waals surface area (Å²) in [6, 6.07) is 8.39. The van der Waals surface area contributed by atoms with Crippen molar-refractivity contribution in [3.8, 4) is 0 Å². The van der Waals surface area contributed by atoms with Gasteiger partial charge in [0.2, 0.25) is 0 Å². The van der Waals surface area contributed by atoms with E-state index < -0.39 is 0 Å². The molecule has 1 unspecified atom stereocenters. The number of hydrogen-bond acceptors (Lipinski definition) is 2. The van der Waals surface area contributed by atoms with Gasteiger partial charge in [0.25, 0.3) is 0 Å². The minimum atomic E-state index is 0.270. The number of anilines is 1. The zero-order chi connectivity index (χ0) is 9.10. The lowest BCUT2D eigenvalue weighted by atomic mass is 10.0. The number of fused-ring (bicyclic) bond motifs is 1. The molecule has 1 aliphatic heterocycles. The first-order valence-electron chi connectivity index (χ1n) is 4.77. The summed E-state index contributed by atoms with van der Waals surface area (Å²) in [7, 11) is 1.78. The SMILES string of the molecule is COC1CCCNc2ccccc21. The van der Waals surface area contributed by atoms with Crippen LogP contribution in [0.25, 0.3) is 0 Å². The summed E-state index contributed by atoms with van der Waals surface area (Å²) >= 11 is 0. The van der Waals surface area contributed by atoms with E-state index in [1.165, 1.54) is 17.7 Å². The van der Waals surface area contributed by atoms with Gasteiger partial charge in [0.15, 0.2) is 0 Å². The molecule has 0 saturated carbocycles. The van der Waals surface area contributed by atoms with E-state index in [1.807, 2.05) is 0 Å². The molecule has 0 saturated heterocycles. The van der Waals surface area contributed by atoms with Crippen LogP contribution < -0.4 is 5.32 Å². The van der Waals surface area contributed by atoms with Crippen molar-refractivity contribution in [3.05, 3.63) is 29.8 Å². The summed E-state index contributed by atoms with van der Waals surface area (Å²) in [5, 5.41) is 3.41. The average molecular weight is 177 g/mol. The van der Waals surface area contributed by atoms with Gasteiger partial charge in [-0.1, -0.05) is 18.2 Å². The molecule has 1 aromatic rings. The van der Waals surface area contributed by atoms with Gasteiger partial charge in [-0.3, -0.25) is 0 Å². The predicted octanol–water partition coefficient (Wildman–Crippen LogP) is 2.58. The Hall–Kier alpha value is -1.02. The zero-order valence-corrected chi connectivity index (χ0v) is 7.92. The first-order valence-corrected chi connectivity index (χ1v) is 4.77. The van der Waals surface area contributed by atoms with E-state index in [4.69, 9.17) is 4.74 Å². The number of para-hydroxylation sites is 1. The van der Waals surface area contributed by atoms with E-state index in [0.29, 0.717) is 0 Å². The molecule has 0 aliphatic carbocycles. The van der Waals surface area contributed by atoms with Crippen LogP contribution in [0.2, 0.25) is 0 Å². The van der Waals surface area contributed by atoms with Gasteiger partial charge in [-0.25, -0.2) is 0 Å². The molecule has 2 rings (SSSR count). The number of ether oxygens (including phenoxy) is 1. The van der Waals surface area contributed by atoms with Gasteiger partial charge < -0.3 is 10.1 Å². The van der Waals surface area contributed by atoms with Gasteiger partial charge in [0, 0.05) is 24.9 Å². The van der Waals surface area contributed by atoms with E-state index in [1.54, 1.807) is 7.11 Å². The summed E-state index contributed by atoms with van der Waals surface area (Å²) in [6.45, 7) is 1.05. The fourth-order valence-corrected chi connectivity index (χ4v) is 1.85. The molecular formula is C11H15NO. The molecule has 0 fully saturated rings. The van der Waals surface area contributed by atoms with Crippen LogP contribution in [-0.2, 0) is 4.74 Å². The number of hydrogen-bond donors (Lipinski definition) is 1. The van der Waals surface area contributed by atoms with Crippen molar-refractivity contribution in [3.63, 3.8) is 0 Å².